The predicted molar refractivity (Wildman–Crippen MR) is 82.4 cm³/mol. The zero-order valence-electron chi connectivity index (χ0n) is 10.9. The lowest BCUT2D eigenvalue weighted by Gasteiger charge is -2.07. The standard InChI is InChI=1S/C16H10ClN3O/c17-13-3-1-12(9-18)15(8-13)20-16(21)11-2-4-14-10(7-11)5-6-19-14/h1-8,19H,(H,20,21). The number of anilines is 1. The molecule has 3 aromatic rings. The van der Waals surface area contributed by atoms with Gasteiger partial charge in [-0.2, -0.15) is 5.26 Å². The van der Waals surface area contributed by atoms with E-state index in [1.165, 1.54) is 0 Å². The fourth-order valence-corrected chi connectivity index (χ4v) is 2.28. The van der Waals surface area contributed by atoms with Gasteiger partial charge in [0.05, 0.1) is 11.3 Å². The predicted octanol–water partition coefficient (Wildman–Crippen LogP) is 3.95. The van der Waals surface area contributed by atoms with Crippen LogP contribution >= 0.6 is 11.6 Å². The van der Waals surface area contributed by atoms with E-state index >= 15 is 0 Å². The Bertz CT molecular complexity index is 877. The van der Waals surface area contributed by atoms with Gasteiger partial charge in [-0.15, -0.1) is 0 Å². The molecule has 0 bridgehead atoms. The number of aromatic nitrogens is 1. The average Bonchev–Trinajstić information content (AvgIpc) is 2.94. The SMILES string of the molecule is N#Cc1ccc(Cl)cc1NC(=O)c1ccc2[nH]ccc2c1. The van der Waals surface area contributed by atoms with Gasteiger partial charge < -0.3 is 10.3 Å². The van der Waals surface area contributed by atoms with E-state index in [1.54, 1.807) is 30.3 Å². The van der Waals surface area contributed by atoms with Crippen molar-refractivity contribution in [2.45, 2.75) is 0 Å². The second-order valence-electron chi connectivity index (χ2n) is 4.54. The van der Waals surface area contributed by atoms with Crippen molar-refractivity contribution in [1.29, 1.82) is 5.26 Å². The maximum absolute atomic E-state index is 12.3. The van der Waals surface area contributed by atoms with Crippen molar-refractivity contribution in [3.05, 3.63) is 64.8 Å². The molecular formula is C16H10ClN3O. The summed E-state index contributed by atoms with van der Waals surface area (Å²) in [6.07, 6.45) is 1.82. The summed E-state index contributed by atoms with van der Waals surface area (Å²) in [6, 6.07) is 14.0. The van der Waals surface area contributed by atoms with E-state index in [2.05, 4.69) is 10.3 Å². The van der Waals surface area contributed by atoms with Crippen molar-refractivity contribution < 1.29 is 4.79 Å². The molecule has 0 unspecified atom stereocenters. The number of carbonyl (C=O) groups is 1. The molecule has 102 valence electrons. The number of hydrogen-bond acceptors (Lipinski definition) is 2. The van der Waals surface area contributed by atoms with Crippen LogP contribution in [-0.2, 0) is 0 Å². The third-order valence-corrected chi connectivity index (χ3v) is 3.40. The summed E-state index contributed by atoms with van der Waals surface area (Å²) < 4.78 is 0. The first-order valence-electron chi connectivity index (χ1n) is 6.25. The van der Waals surface area contributed by atoms with Gasteiger partial charge in [0.25, 0.3) is 5.91 Å². The molecule has 0 aliphatic carbocycles. The van der Waals surface area contributed by atoms with Crippen LogP contribution in [0.5, 0.6) is 0 Å². The van der Waals surface area contributed by atoms with Gasteiger partial charge in [-0.3, -0.25) is 4.79 Å². The quantitative estimate of drug-likeness (QED) is 0.751. The Morgan fingerprint density at radius 2 is 2.05 bits per heavy atom. The number of amides is 1. The largest absolute Gasteiger partial charge is 0.361 e. The number of nitrogens with one attached hydrogen (secondary N) is 2. The van der Waals surface area contributed by atoms with Gasteiger partial charge in [0.2, 0.25) is 0 Å². The highest BCUT2D eigenvalue weighted by Crippen LogP contribution is 2.22. The van der Waals surface area contributed by atoms with E-state index in [1.807, 2.05) is 24.4 Å². The molecule has 0 aliphatic rings. The monoisotopic (exact) mass is 295 g/mol. The van der Waals surface area contributed by atoms with Crippen molar-refractivity contribution in [3.63, 3.8) is 0 Å². The highest BCUT2D eigenvalue weighted by atomic mass is 35.5. The number of H-pyrrole nitrogens is 1. The lowest BCUT2D eigenvalue weighted by molar-refractivity contribution is 0.102. The Hall–Kier alpha value is -2.77. The molecule has 0 saturated heterocycles. The summed E-state index contributed by atoms with van der Waals surface area (Å²) in [7, 11) is 0. The highest BCUT2D eigenvalue weighted by molar-refractivity contribution is 6.31. The first kappa shape index (κ1) is 13.2. The van der Waals surface area contributed by atoms with E-state index in [0.717, 1.165) is 10.9 Å². The number of aromatic amines is 1. The van der Waals surface area contributed by atoms with Crippen LogP contribution in [0, 0.1) is 11.3 Å². The first-order valence-corrected chi connectivity index (χ1v) is 6.63. The summed E-state index contributed by atoms with van der Waals surface area (Å²) in [4.78, 5) is 15.4. The molecule has 5 heteroatoms. The third kappa shape index (κ3) is 2.60. The summed E-state index contributed by atoms with van der Waals surface area (Å²) >= 11 is 5.90. The van der Waals surface area contributed by atoms with Gasteiger partial charge in [0.1, 0.15) is 6.07 Å². The number of hydrogen-bond donors (Lipinski definition) is 2. The van der Waals surface area contributed by atoms with Crippen LogP contribution in [0.4, 0.5) is 5.69 Å². The summed E-state index contributed by atoms with van der Waals surface area (Å²) in [5.41, 5.74) is 2.26. The van der Waals surface area contributed by atoms with Crippen LogP contribution in [0.3, 0.4) is 0 Å². The zero-order valence-corrected chi connectivity index (χ0v) is 11.6. The minimum absolute atomic E-state index is 0.281. The van der Waals surface area contributed by atoms with Crippen LogP contribution < -0.4 is 5.32 Å². The molecule has 21 heavy (non-hydrogen) atoms. The molecule has 0 aliphatic heterocycles. The molecular weight excluding hydrogens is 286 g/mol. The van der Waals surface area contributed by atoms with Crippen LogP contribution in [0.2, 0.25) is 5.02 Å². The third-order valence-electron chi connectivity index (χ3n) is 3.17. The molecule has 3 rings (SSSR count). The van der Waals surface area contributed by atoms with Gasteiger partial charge in [-0.1, -0.05) is 11.6 Å². The minimum atomic E-state index is -0.281. The fraction of sp³-hybridized carbons (Fsp3) is 0. The Kier molecular flexibility index (Phi) is 3.35. The van der Waals surface area contributed by atoms with E-state index in [9.17, 15) is 4.79 Å². The normalized spacial score (nSPS) is 10.3. The van der Waals surface area contributed by atoms with Crippen molar-refractivity contribution in [2.24, 2.45) is 0 Å². The van der Waals surface area contributed by atoms with Crippen molar-refractivity contribution in [1.82, 2.24) is 4.98 Å². The van der Waals surface area contributed by atoms with Gasteiger partial charge >= 0.3 is 0 Å². The Morgan fingerprint density at radius 1 is 1.19 bits per heavy atom. The molecule has 2 N–H and O–H groups in total. The number of fused-ring (bicyclic) bond motifs is 1. The number of nitriles is 1. The Labute approximate surface area is 126 Å². The van der Waals surface area contributed by atoms with E-state index in [4.69, 9.17) is 16.9 Å². The van der Waals surface area contributed by atoms with Crippen LogP contribution in [0.1, 0.15) is 15.9 Å². The molecule has 0 spiro atoms. The fourth-order valence-electron chi connectivity index (χ4n) is 2.11. The van der Waals surface area contributed by atoms with Crippen molar-refractivity contribution >= 4 is 34.1 Å². The summed E-state index contributed by atoms with van der Waals surface area (Å²) in [6.45, 7) is 0. The van der Waals surface area contributed by atoms with Crippen LogP contribution in [-0.4, -0.2) is 10.9 Å². The van der Waals surface area contributed by atoms with Crippen LogP contribution in [0.15, 0.2) is 48.7 Å². The second kappa shape index (κ2) is 5.31. The second-order valence-corrected chi connectivity index (χ2v) is 4.97. The van der Waals surface area contributed by atoms with Gasteiger partial charge in [0, 0.05) is 27.7 Å². The van der Waals surface area contributed by atoms with E-state index in [0.29, 0.717) is 21.8 Å². The molecule has 1 aromatic heterocycles. The Balaban J connectivity index is 1.92. The lowest BCUT2D eigenvalue weighted by Crippen LogP contribution is -2.12. The molecule has 2 aromatic carbocycles. The molecule has 0 atom stereocenters. The average molecular weight is 296 g/mol. The van der Waals surface area contributed by atoms with Gasteiger partial charge in [-0.05, 0) is 42.5 Å². The van der Waals surface area contributed by atoms with Gasteiger partial charge in [-0.25, -0.2) is 0 Å². The molecule has 0 saturated carbocycles. The number of carbonyl (C=O) groups excluding carboxylic acids is 1. The minimum Gasteiger partial charge on any atom is -0.361 e. The maximum atomic E-state index is 12.3. The smallest absolute Gasteiger partial charge is 0.255 e. The maximum Gasteiger partial charge on any atom is 0.255 e. The molecule has 0 radical (unpaired) electrons. The van der Waals surface area contributed by atoms with Crippen molar-refractivity contribution in [2.75, 3.05) is 5.32 Å². The highest BCUT2D eigenvalue weighted by Gasteiger charge is 2.10. The number of benzene rings is 2. The summed E-state index contributed by atoms with van der Waals surface area (Å²) in [5.74, 6) is -0.281. The van der Waals surface area contributed by atoms with Crippen molar-refractivity contribution in [3.8, 4) is 6.07 Å². The molecule has 1 heterocycles. The Morgan fingerprint density at radius 3 is 2.86 bits per heavy atom. The van der Waals surface area contributed by atoms with E-state index < -0.39 is 0 Å². The topological polar surface area (TPSA) is 68.7 Å². The molecule has 0 fully saturated rings. The van der Waals surface area contributed by atoms with Crippen LogP contribution in [0.25, 0.3) is 10.9 Å². The lowest BCUT2D eigenvalue weighted by atomic mass is 10.1. The number of rotatable bonds is 2. The van der Waals surface area contributed by atoms with E-state index in [-0.39, 0.29) is 5.91 Å². The molecule has 1 amide bonds. The molecule has 4 nitrogen and oxygen atoms in total. The summed E-state index contributed by atoms with van der Waals surface area (Å²) in [5, 5.41) is 13.2. The zero-order chi connectivity index (χ0) is 14.8. The first-order chi connectivity index (χ1) is 10.2. The number of nitrogens with zero attached hydrogens (tertiary/aromatic N) is 1. The number of halogens is 1. The van der Waals surface area contributed by atoms with Gasteiger partial charge in [0.15, 0.2) is 0 Å².